The van der Waals surface area contributed by atoms with Crippen molar-refractivity contribution in [1.82, 2.24) is 9.80 Å². The maximum Gasteiger partial charge on any atom is 0.334 e. The lowest BCUT2D eigenvalue weighted by molar-refractivity contribution is -0.142. The summed E-state index contributed by atoms with van der Waals surface area (Å²) in [6, 6.07) is 5.08. The molecule has 2 rings (SSSR count). The lowest BCUT2D eigenvalue weighted by Crippen LogP contribution is -2.34. The van der Waals surface area contributed by atoms with Gasteiger partial charge in [-0.05, 0) is 11.1 Å². The standard InChI is InChI=1S/C15H16N2O5/c1-9(18)17-13(14(20)16(3)15(17)21)12-6-4-11(5-7-12)8-22-10(2)19/h4-7,13H,8H2,1-3H3/t13-/m0/s1. The van der Waals surface area contributed by atoms with E-state index in [9.17, 15) is 19.2 Å². The van der Waals surface area contributed by atoms with Gasteiger partial charge in [-0.15, -0.1) is 0 Å². The molecule has 0 spiro atoms. The molecule has 1 aromatic carbocycles. The number of likely N-dealkylation sites (N-methyl/N-ethyl adjacent to an activating group) is 1. The number of nitrogens with zero attached hydrogens (tertiary/aromatic N) is 2. The van der Waals surface area contributed by atoms with E-state index in [0.29, 0.717) is 5.56 Å². The molecule has 0 saturated carbocycles. The highest BCUT2D eigenvalue weighted by atomic mass is 16.5. The van der Waals surface area contributed by atoms with Gasteiger partial charge in [0, 0.05) is 20.9 Å². The van der Waals surface area contributed by atoms with Gasteiger partial charge in [0.25, 0.3) is 5.91 Å². The van der Waals surface area contributed by atoms with E-state index in [1.54, 1.807) is 24.3 Å². The summed E-state index contributed by atoms with van der Waals surface area (Å²) < 4.78 is 4.88. The van der Waals surface area contributed by atoms with Crippen molar-refractivity contribution in [3.8, 4) is 0 Å². The predicted molar refractivity (Wildman–Crippen MR) is 75.3 cm³/mol. The number of amides is 4. The van der Waals surface area contributed by atoms with Crippen LogP contribution < -0.4 is 0 Å². The minimum absolute atomic E-state index is 0.128. The Kier molecular flexibility index (Phi) is 4.25. The normalized spacial score (nSPS) is 17.9. The fourth-order valence-electron chi connectivity index (χ4n) is 2.25. The Bertz CT molecular complexity index is 638. The molecule has 116 valence electrons. The first-order valence-electron chi connectivity index (χ1n) is 6.66. The lowest BCUT2D eigenvalue weighted by atomic mass is 10.0. The first-order chi connectivity index (χ1) is 10.3. The molecule has 0 aliphatic carbocycles. The minimum atomic E-state index is -0.947. The molecule has 1 aliphatic rings. The van der Waals surface area contributed by atoms with Crippen LogP contribution in [-0.4, -0.2) is 40.7 Å². The van der Waals surface area contributed by atoms with Crippen LogP contribution in [0.2, 0.25) is 0 Å². The topological polar surface area (TPSA) is 84.0 Å². The number of carbonyl (C=O) groups is 4. The van der Waals surface area contributed by atoms with E-state index in [0.717, 1.165) is 15.4 Å². The highest BCUT2D eigenvalue weighted by Crippen LogP contribution is 2.30. The average molecular weight is 304 g/mol. The van der Waals surface area contributed by atoms with Gasteiger partial charge in [0.2, 0.25) is 5.91 Å². The van der Waals surface area contributed by atoms with Crippen molar-refractivity contribution in [3.05, 3.63) is 35.4 Å². The van der Waals surface area contributed by atoms with Gasteiger partial charge in [-0.1, -0.05) is 24.3 Å². The Morgan fingerprint density at radius 3 is 2.23 bits per heavy atom. The second kappa shape index (κ2) is 5.97. The fourth-order valence-corrected chi connectivity index (χ4v) is 2.25. The quantitative estimate of drug-likeness (QED) is 0.619. The van der Waals surface area contributed by atoms with Crippen molar-refractivity contribution in [2.24, 2.45) is 0 Å². The molecule has 0 N–H and O–H groups in total. The summed E-state index contributed by atoms with van der Waals surface area (Å²) in [7, 11) is 1.34. The molecule has 1 heterocycles. The SMILES string of the molecule is CC(=O)OCc1ccc([C@H]2C(=O)N(C)C(=O)N2C(C)=O)cc1. The Morgan fingerprint density at radius 2 is 1.73 bits per heavy atom. The maximum absolute atomic E-state index is 12.2. The zero-order valence-corrected chi connectivity index (χ0v) is 12.5. The summed E-state index contributed by atoms with van der Waals surface area (Å²) in [5.41, 5.74) is 1.28. The summed E-state index contributed by atoms with van der Waals surface area (Å²) in [6.45, 7) is 2.69. The number of urea groups is 1. The molecule has 1 aromatic rings. The van der Waals surface area contributed by atoms with Gasteiger partial charge in [-0.2, -0.15) is 0 Å². The highest BCUT2D eigenvalue weighted by molar-refractivity contribution is 6.11. The molecule has 0 unspecified atom stereocenters. The maximum atomic E-state index is 12.2. The number of carbonyl (C=O) groups excluding carboxylic acids is 4. The third-order valence-corrected chi connectivity index (χ3v) is 3.39. The van der Waals surface area contributed by atoms with Gasteiger partial charge >= 0.3 is 12.0 Å². The zero-order valence-electron chi connectivity index (χ0n) is 12.5. The molecule has 1 atom stereocenters. The third kappa shape index (κ3) is 2.83. The minimum Gasteiger partial charge on any atom is -0.461 e. The first kappa shape index (κ1) is 15.7. The molecule has 7 nitrogen and oxygen atoms in total. The number of ether oxygens (including phenoxy) is 1. The number of hydrogen-bond donors (Lipinski definition) is 0. The number of esters is 1. The van der Waals surface area contributed by atoms with Crippen LogP contribution >= 0.6 is 0 Å². The predicted octanol–water partition coefficient (Wildman–Crippen LogP) is 1.23. The van der Waals surface area contributed by atoms with Crippen molar-refractivity contribution in [1.29, 1.82) is 0 Å². The molecule has 0 aromatic heterocycles. The summed E-state index contributed by atoms with van der Waals surface area (Å²) in [4.78, 5) is 48.4. The molecule has 1 fully saturated rings. The highest BCUT2D eigenvalue weighted by Gasteiger charge is 2.46. The number of hydrogen-bond acceptors (Lipinski definition) is 5. The van der Waals surface area contributed by atoms with Crippen LogP contribution in [0.5, 0.6) is 0 Å². The molecule has 22 heavy (non-hydrogen) atoms. The molecule has 1 saturated heterocycles. The van der Waals surface area contributed by atoms with E-state index in [1.807, 2.05) is 0 Å². The number of benzene rings is 1. The smallest absolute Gasteiger partial charge is 0.334 e. The number of rotatable bonds is 3. The van der Waals surface area contributed by atoms with Gasteiger partial charge in [0.1, 0.15) is 12.6 Å². The average Bonchev–Trinajstić information content (AvgIpc) is 2.70. The summed E-state index contributed by atoms with van der Waals surface area (Å²) in [5.74, 6) is -1.32. The molecule has 7 heteroatoms. The largest absolute Gasteiger partial charge is 0.461 e. The van der Waals surface area contributed by atoms with E-state index in [1.165, 1.54) is 20.9 Å². The van der Waals surface area contributed by atoms with Crippen molar-refractivity contribution in [2.75, 3.05) is 7.05 Å². The van der Waals surface area contributed by atoms with Gasteiger partial charge in [-0.3, -0.25) is 19.3 Å². The second-order valence-corrected chi connectivity index (χ2v) is 4.99. The molecular formula is C15H16N2O5. The summed E-state index contributed by atoms with van der Waals surface area (Å²) >= 11 is 0. The Morgan fingerprint density at radius 1 is 1.14 bits per heavy atom. The molecule has 1 aliphatic heterocycles. The van der Waals surface area contributed by atoms with Gasteiger partial charge < -0.3 is 4.74 Å². The summed E-state index contributed by atoms with van der Waals surface area (Å²) in [5, 5.41) is 0. The molecule has 4 amide bonds. The van der Waals surface area contributed by atoms with E-state index in [4.69, 9.17) is 4.74 Å². The van der Waals surface area contributed by atoms with Crippen molar-refractivity contribution >= 4 is 23.8 Å². The van der Waals surface area contributed by atoms with Crippen molar-refractivity contribution in [3.63, 3.8) is 0 Å². The number of imide groups is 2. The zero-order chi connectivity index (χ0) is 16.4. The van der Waals surface area contributed by atoms with Crippen molar-refractivity contribution in [2.45, 2.75) is 26.5 Å². The Labute approximate surface area is 127 Å². The van der Waals surface area contributed by atoms with E-state index in [2.05, 4.69) is 0 Å². The third-order valence-electron chi connectivity index (χ3n) is 3.39. The van der Waals surface area contributed by atoms with E-state index < -0.39 is 23.9 Å². The van der Waals surface area contributed by atoms with Crippen LogP contribution in [-0.2, 0) is 25.7 Å². The monoisotopic (exact) mass is 304 g/mol. The molecular weight excluding hydrogens is 288 g/mol. The molecule has 0 bridgehead atoms. The Balaban J connectivity index is 2.26. The second-order valence-electron chi connectivity index (χ2n) is 4.99. The van der Waals surface area contributed by atoms with Gasteiger partial charge in [-0.25, -0.2) is 9.69 Å². The molecule has 0 radical (unpaired) electrons. The van der Waals surface area contributed by atoms with Gasteiger partial charge in [0.15, 0.2) is 0 Å². The van der Waals surface area contributed by atoms with Crippen LogP contribution in [0.4, 0.5) is 4.79 Å². The van der Waals surface area contributed by atoms with Crippen LogP contribution in [0.25, 0.3) is 0 Å². The Hall–Kier alpha value is -2.70. The van der Waals surface area contributed by atoms with Crippen LogP contribution in [0.3, 0.4) is 0 Å². The van der Waals surface area contributed by atoms with Crippen molar-refractivity contribution < 1.29 is 23.9 Å². The van der Waals surface area contributed by atoms with Crippen LogP contribution in [0.15, 0.2) is 24.3 Å². The summed E-state index contributed by atoms with van der Waals surface area (Å²) in [6.07, 6.45) is 0. The fraction of sp³-hybridized carbons (Fsp3) is 0.333. The van der Waals surface area contributed by atoms with Crippen LogP contribution in [0.1, 0.15) is 31.0 Å². The van der Waals surface area contributed by atoms with Gasteiger partial charge in [0.05, 0.1) is 0 Å². The van der Waals surface area contributed by atoms with E-state index in [-0.39, 0.29) is 12.6 Å². The van der Waals surface area contributed by atoms with E-state index >= 15 is 0 Å². The van der Waals surface area contributed by atoms with Crippen LogP contribution in [0, 0.1) is 0 Å². The lowest BCUT2D eigenvalue weighted by Gasteiger charge is -2.18. The first-order valence-corrected chi connectivity index (χ1v) is 6.66.